The molecule has 1 atom stereocenters. The number of benzene rings is 1. The topological polar surface area (TPSA) is 54.0 Å². The van der Waals surface area contributed by atoms with Crippen molar-refractivity contribution in [1.29, 1.82) is 0 Å². The fourth-order valence-electron chi connectivity index (χ4n) is 2.97. The van der Waals surface area contributed by atoms with Crippen LogP contribution in [0.15, 0.2) is 24.3 Å². The fraction of sp³-hybridized carbons (Fsp3) is 0.588. The van der Waals surface area contributed by atoms with Gasteiger partial charge in [-0.15, -0.1) is 24.8 Å². The molecule has 0 saturated carbocycles. The van der Waals surface area contributed by atoms with E-state index in [-0.39, 0.29) is 36.8 Å². The van der Waals surface area contributed by atoms with E-state index in [0.29, 0.717) is 24.8 Å². The Hall–Kier alpha value is -0.760. The minimum atomic E-state index is -0.325. The van der Waals surface area contributed by atoms with Gasteiger partial charge in [0.25, 0.3) is 5.91 Å². The van der Waals surface area contributed by atoms with E-state index in [0.717, 1.165) is 45.0 Å². The van der Waals surface area contributed by atoms with Crippen LogP contribution >= 0.6 is 36.4 Å². The summed E-state index contributed by atoms with van der Waals surface area (Å²) in [7, 11) is 0. The average molecular weight is 427 g/mol. The van der Waals surface area contributed by atoms with Crippen LogP contribution in [0.4, 0.5) is 0 Å². The Morgan fingerprint density at radius 2 is 1.96 bits per heavy atom. The lowest BCUT2D eigenvalue weighted by atomic mass is 10.2. The van der Waals surface area contributed by atoms with Crippen molar-refractivity contribution in [3.63, 3.8) is 0 Å². The van der Waals surface area contributed by atoms with Crippen molar-refractivity contribution in [2.24, 2.45) is 0 Å². The number of amides is 1. The van der Waals surface area contributed by atoms with Crippen molar-refractivity contribution in [3.8, 4) is 5.75 Å². The normalized spacial score (nSPS) is 20.7. The Kier molecular flexibility index (Phi) is 10.6. The summed E-state index contributed by atoms with van der Waals surface area (Å²) in [6.07, 6.45) is -0.325. The molecular weight excluding hydrogens is 401 g/mol. The van der Waals surface area contributed by atoms with E-state index >= 15 is 0 Å². The van der Waals surface area contributed by atoms with Crippen LogP contribution < -0.4 is 10.1 Å². The molecule has 1 aromatic rings. The first-order valence-electron chi connectivity index (χ1n) is 8.45. The number of carbonyl (C=O) groups is 1. The molecule has 0 aromatic heterocycles. The summed E-state index contributed by atoms with van der Waals surface area (Å²) in [5.74, 6) is 0.823. The predicted molar refractivity (Wildman–Crippen MR) is 107 cm³/mol. The molecule has 1 aromatic carbocycles. The minimum absolute atomic E-state index is 0. The summed E-state index contributed by atoms with van der Waals surface area (Å²) in [5, 5.41) is 3.83. The van der Waals surface area contributed by atoms with Gasteiger partial charge < -0.3 is 19.7 Å². The molecular formula is C17H26Cl3N3O3. The molecule has 2 aliphatic heterocycles. The Morgan fingerprint density at radius 3 is 2.62 bits per heavy atom. The molecule has 0 spiro atoms. The van der Waals surface area contributed by atoms with Gasteiger partial charge in [0.2, 0.25) is 0 Å². The fourth-order valence-corrected chi connectivity index (χ4v) is 3.16. The first kappa shape index (κ1) is 23.3. The van der Waals surface area contributed by atoms with Gasteiger partial charge in [-0.1, -0.05) is 23.7 Å². The molecule has 6 nitrogen and oxygen atoms in total. The second-order valence-corrected chi connectivity index (χ2v) is 6.42. The molecule has 2 fully saturated rings. The lowest BCUT2D eigenvalue weighted by Crippen LogP contribution is -2.55. The van der Waals surface area contributed by atoms with Crippen LogP contribution in [0.3, 0.4) is 0 Å². The van der Waals surface area contributed by atoms with E-state index < -0.39 is 0 Å². The molecule has 3 rings (SSSR count). The highest BCUT2D eigenvalue weighted by Gasteiger charge is 2.29. The van der Waals surface area contributed by atoms with Gasteiger partial charge in [0.1, 0.15) is 18.5 Å². The van der Waals surface area contributed by atoms with E-state index in [9.17, 15) is 4.79 Å². The summed E-state index contributed by atoms with van der Waals surface area (Å²) >= 11 is 6.07. The van der Waals surface area contributed by atoms with Crippen molar-refractivity contribution in [1.82, 2.24) is 15.1 Å². The molecule has 26 heavy (non-hydrogen) atoms. The number of hydrogen-bond donors (Lipinski definition) is 1. The smallest absolute Gasteiger partial charge is 0.253 e. The Morgan fingerprint density at radius 1 is 1.23 bits per heavy atom. The number of carbonyl (C=O) groups excluding carboxylic acids is 1. The zero-order valence-electron chi connectivity index (χ0n) is 14.6. The standard InChI is InChI=1S/C17H24ClN3O3.2ClH/c18-14-3-1-2-4-15(14)24-12-10-20-6-8-21(9-7-20)17(22)16-13-19-5-11-23-16;;/h1-4,16,19H,5-13H2;2*1H. The highest BCUT2D eigenvalue weighted by molar-refractivity contribution is 6.32. The summed E-state index contributed by atoms with van der Waals surface area (Å²) in [6.45, 7) is 6.66. The Balaban J connectivity index is 0.00000169. The van der Waals surface area contributed by atoms with Crippen molar-refractivity contribution < 1.29 is 14.3 Å². The summed E-state index contributed by atoms with van der Waals surface area (Å²) in [4.78, 5) is 16.6. The lowest BCUT2D eigenvalue weighted by Gasteiger charge is -2.37. The molecule has 2 saturated heterocycles. The number of nitrogens with one attached hydrogen (secondary N) is 1. The molecule has 148 valence electrons. The van der Waals surface area contributed by atoms with Gasteiger partial charge in [-0.2, -0.15) is 0 Å². The maximum atomic E-state index is 12.4. The van der Waals surface area contributed by atoms with Gasteiger partial charge in [0, 0.05) is 45.8 Å². The second kappa shape index (κ2) is 11.8. The third-order valence-electron chi connectivity index (χ3n) is 4.39. The number of piperazine rings is 1. The molecule has 2 heterocycles. The highest BCUT2D eigenvalue weighted by atomic mass is 35.5. The van der Waals surface area contributed by atoms with Crippen molar-refractivity contribution in [3.05, 3.63) is 29.3 Å². The third kappa shape index (κ3) is 6.44. The highest BCUT2D eigenvalue weighted by Crippen LogP contribution is 2.22. The van der Waals surface area contributed by atoms with Crippen LogP contribution in [0.2, 0.25) is 5.02 Å². The molecule has 0 aliphatic carbocycles. The van der Waals surface area contributed by atoms with E-state index in [4.69, 9.17) is 21.1 Å². The number of hydrogen-bond acceptors (Lipinski definition) is 5. The largest absolute Gasteiger partial charge is 0.491 e. The average Bonchev–Trinajstić information content (AvgIpc) is 2.64. The van der Waals surface area contributed by atoms with Crippen LogP contribution in [0.1, 0.15) is 0 Å². The first-order valence-corrected chi connectivity index (χ1v) is 8.82. The molecule has 1 N–H and O–H groups in total. The van der Waals surface area contributed by atoms with E-state index in [1.54, 1.807) is 0 Å². The van der Waals surface area contributed by atoms with Crippen molar-refractivity contribution >= 4 is 42.3 Å². The monoisotopic (exact) mass is 425 g/mol. The zero-order chi connectivity index (χ0) is 16.8. The van der Waals surface area contributed by atoms with Crippen molar-refractivity contribution in [2.75, 3.05) is 59.0 Å². The number of rotatable bonds is 5. The Labute approximate surface area is 172 Å². The molecule has 1 unspecified atom stereocenters. The van der Waals surface area contributed by atoms with Crippen LogP contribution in [0, 0.1) is 0 Å². The predicted octanol–water partition coefficient (Wildman–Crippen LogP) is 1.69. The van der Waals surface area contributed by atoms with Crippen LogP contribution in [-0.4, -0.2) is 80.8 Å². The summed E-state index contributed by atoms with van der Waals surface area (Å²) < 4.78 is 11.3. The first-order chi connectivity index (χ1) is 11.7. The molecule has 2 aliphatic rings. The molecule has 0 bridgehead atoms. The van der Waals surface area contributed by atoms with Gasteiger partial charge in [0.05, 0.1) is 11.6 Å². The maximum Gasteiger partial charge on any atom is 0.253 e. The number of nitrogens with zero attached hydrogens (tertiary/aromatic N) is 2. The summed E-state index contributed by atoms with van der Waals surface area (Å²) in [6, 6.07) is 7.49. The molecule has 0 radical (unpaired) electrons. The van der Waals surface area contributed by atoms with Crippen LogP contribution in [0.25, 0.3) is 0 Å². The zero-order valence-corrected chi connectivity index (χ0v) is 17.0. The van der Waals surface area contributed by atoms with Gasteiger partial charge in [-0.05, 0) is 12.1 Å². The third-order valence-corrected chi connectivity index (χ3v) is 4.70. The SMILES string of the molecule is Cl.Cl.O=C(C1CNCCO1)N1CCN(CCOc2ccccc2Cl)CC1. The second-order valence-electron chi connectivity index (χ2n) is 6.01. The number of para-hydroxylation sites is 1. The quantitative estimate of drug-likeness (QED) is 0.776. The minimum Gasteiger partial charge on any atom is -0.491 e. The number of halogens is 3. The number of ether oxygens (including phenoxy) is 2. The van der Waals surface area contributed by atoms with Crippen LogP contribution in [-0.2, 0) is 9.53 Å². The number of morpholine rings is 1. The van der Waals surface area contributed by atoms with Gasteiger partial charge in [0.15, 0.2) is 0 Å². The van der Waals surface area contributed by atoms with Crippen LogP contribution in [0.5, 0.6) is 5.75 Å². The summed E-state index contributed by atoms with van der Waals surface area (Å²) in [5.41, 5.74) is 0. The van der Waals surface area contributed by atoms with E-state index in [1.165, 1.54) is 0 Å². The van der Waals surface area contributed by atoms with Crippen molar-refractivity contribution in [2.45, 2.75) is 6.10 Å². The molecule has 9 heteroatoms. The van der Waals surface area contributed by atoms with E-state index in [1.807, 2.05) is 29.2 Å². The van der Waals surface area contributed by atoms with Gasteiger partial charge in [-0.25, -0.2) is 0 Å². The maximum absolute atomic E-state index is 12.4. The van der Waals surface area contributed by atoms with E-state index in [2.05, 4.69) is 10.2 Å². The molecule has 1 amide bonds. The Bertz CT molecular complexity index is 551. The van der Waals surface area contributed by atoms with Gasteiger partial charge >= 0.3 is 0 Å². The van der Waals surface area contributed by atoms with Gasteiger partial charge in [-0.3, -0.25) is 9.69 Å². The lowest BCUT2D eigenvalue weighted by molar-refractivity contribution is -0.147.